The Kier molecular flexibility index (Phi) is 5.20. The lowest BCUT2D eigenvalue weighted by Gasteiger charge is -2.19. The van der Waals surface area contributed by atoms with E-state index >= 15 is 0 Å². The zero-order valence-electron chi connectivity index (χ0n) is 13.2. The van der Waals surface area contributed by atoms with Gasteiger partial charge in [-0.3, -0.25) is 14.7 Å². The van der Waals surface area contributed by atoms with Crippen LogP contribution in [0.1, 0.15) is 24.8 Å². The first-order valence-corrected chi connectivity index (χ1v) is 8.24. The third kappa shape index (κ3) is 4.06. The number of hydrogen-bond donors (Lipinski definition) is 2. The molecule has 1 aliphatic rings. The monoisotopic (exact) mass is 313 g/mol. The van der Waals surface area contributed by atoms with Crippen LogP contribution in [0.2, 0.25) is 0 Å². The summed E-state index contributed by atoms with van der Waals surface area (Å²) in [6.45, 7) is 2.44. The number of aliphatic hydroxyl groups excluding tert-OH is 1. The number of fused-ring (bicyclic) bond motifs is 1. The summed E-state index contributed by atoms with van der Waals surface area (Å²) in [6, 6.07) is 7.90. The van der Waals surface area contributed by atoms with Gasteiger partial charge in [-0.2, -0.15) is 0 Å². The first-order chi connectivity index (χ1) is 11.2. The number of nitrogens with zero attached hydrogens (tertiary/aromatic N) is 2. The molecule has 1 saturated heterocycles. The fraction of sp³-hybridized carbons (Fsp3) is 0.444. The summed E-state index contributed by atoms with van der Waals surface area (Å²) in [5.41, 5.74) is 1.03. The maximum absolute atomic E-state index is 12.1. The molecule has 0 bridgehead atoms. The minimum absolute atomic E-state index is 0.0382. The number of rotatable bonds is 6. The van der Waals surface area contributed by atoms with Gasteiger partial charge in [-0.1, -0.05) is 18.2 Å². The Balaban J connectivity index is 1.47. The molecule has 1 fully saturated rings. The third-order valence-corrected chi connectivity index (χ3v) is 4.40. The lowest BCUT2D eigenvalue weighted by Crippen LogP contribution is -2.33. The van der Waals surface area contributed by atoms with Gasteiger partial charge >= 0.3 is 0 Å². The molecule has 1 aliphatic heterocycles. The fourth-order valence-corrected chi connectivity index (χ4v) is 3.16. The van der Waals surface area contributed by atoms with Crippen LogP contribution in [-0.4, -0.2) is 46.8 Å². The zero-order valence-corrected chi connectivity index (χ0v) is 13.2. The summed E-state index contributed by atoms with van der Waals surface area (Å²) in [4.78, 5) is 18.3. The standard InChI is InChI=1S/C18H23N3O2/c22-17(20-8-3-11-21-10-2-6-18(21)23)12-14-4-1-5-15-13-19-9-7-16(14)15/h1,4-5,7,9,13,18,23H,2-3,6,8,10-12H2,(H,20,22). The predicted molar refractivity (Wildman–Crippen MR) is 89.9 cm³/mol. The van der Waals surface area contributed by atoms with Crippen molar-refractivity contribution < 1.29 is 9.90 Å². The predicted octanol–water partition coefficient (Wildman–Crippen LogP) is 1.70. The summed E-state index contributed by atoms with van der Waals surface area (Å²) >= 11 is 0. The van der Waals surface area contributed by atoms with Gasteiger partial charge in [0.15, 0.2) is 0 Å². The van der Waals surface area contributed by atoms with Crippen LogP contribution in [0, 0.1) is 0 Å². The van der Waals surface area contributed by atoms with Crippen molar-refractivity contribution in [3.63, 3.8) is 0 Å². The molecule has 5 nitrogen and oxygen atoms in total. The third-order valence-electron chi connectivity index (χ3n) is 4.40. The van der Waals surface area contributed by atoms with Crippen LogP contribution in [0.4, 0.5) is 0 Å². The van der Waals surface area contributed by atoms with Gasteiger partial charge in [0.25, 0.3) is 0 Å². The smallest absolute Gasteiger partial charge is 0.224 e. The summed E-state index contributed by atoms with van der Waals surface area (Å²) in [6.07, 6.45) is 6.44. The number of aromatic nitrogens is 1. The van der Waals surface area contributed by atoms with Gasteiger partial charge in [0.1, 0.15) is 6.23 Å². The number of nitrogens with one attached hydrogen (secondary N) is 1. The minimum Gasteiger partial charge on any atom is -0.378 e. The molecule has 1 aromatic heterocycles. The Hall–Kier alpha value is -1.98. The molecule has 0 saturated carbocycles. The molecule has 5 heteroatoms. The number of likely N-dealkylation sites (tertiary alicyclic amines) is 1. The van der Waals surface area contributed by atoms with Gasteiger partial charge in [0.05, 0.1) is 6.42 Å². The molecule has 1 atom stereocenters. The average molecular weight is 313 g/mol. The number of carbonyl (C=O) groups is 1. The molecular formula is C18H23N3O2. The molecule has 0 radical (unpaired) electrons. The summed E-state index contributed by atoms with van der Waals surface area (Å²) in [5, 5.41) is 14.8. The van der Waals surface area contributed by atoms with E-state index in [-0.39, 0.29) is 12.1 Å². The maximum Gasteiger partial charge on any atom is 0.224 e. The number of hydrogen-bond acceptors (Lipinski definition) is 4. The average Bonchev–Trinajstić information content (AvgIpc) is 2.97. The molecular weight excluding hydrogens is 290 g/mol. The van der Waals surface area contributed by atoms with Crippen LogP contribution < -0.4 is 5.32 Å². The van der Waals surface area contributed by atoms with Crippen molar-refractivity contribution in [2.45, 2.75) is 31.9 Å². The van der Waals surface area contributed by atoms with Gasteiger partial charge in [0.2, 0.25) is 5.91 Å². The molecule has 0 spiro atoms. The molecule has 0 aliphatic carbocycles. The number of pyridine rings is 1. The molecule has 3 rings (SSSR count). The zero-order chi connectivity index (χ0) is 16.1. The highest BCUT2D eigenvalue weighted by atomic mass is 16.3. The Labute approximate surface area is 136 Å². The van der Waals surface area contributed by atoms with E-state index in [9.17, 15) is 9.90 Å². The summed E-state index contributed by atoms with van der Waals surface area (Å²) in [7, 11) is 0. The van der Waals surface area contributed by atoms with E-state index in [1.54, 1.807) is 6.20 Å². The van der Waals surface area contributed by atoms with Gasteiger partial charge in [-0.15, -0.1) is 0 Å². The second-order valence-corrected chi connectivity index (χ2v) is 6.05. The van der Waals surface area contributed by atoms with E-state index in [1.807, 2.05) is 30.5 Å². The molecule has 2 heterocycles. The molecule has 1 unspecified atom stereocenters. The highest BCUT2D eigenvalue weighted by Gasteiger charge is 2.20. The Morgan fingerprint density at radius 1 is 1.39 bits per heavy atom. The van der Waals surface area contributed by atoms with Crippen molar-refractivity contribution in [3.05, 3.63) is 42.2 Å². The number of carbonyl (C=O) groups excluding carboxylic acids is 1. The maximum atomic E-state index is 12.1. The molecule has 122 valence electrons. The lowest BCUT2D eigenvalue weighted by atomic mass is 10.0. The van der Waals surface area contributed by atoms with Gasteiger partial charge < -0.3 is 10.4 Å². The van der Waals surface area contributed by atoms with Gasteiger partial charge in [-0.05, 0) is 36.3 Å². The first kappa shape index (κ1) is 15.9. The van der Waals surface area contributed by atoms with Crippen LogP contribution in [0.15, 0.2) is 36.7 Å². The molecule has 23 heavy (non-hydrogen) atoms. The Morgan fingerprint density at radius 3 is 3.13 bits per heavy atom. The van der Waals surface area contributed by atoms with E-state index in [0.717, 1.165) is 48.7 Å². The van der Waals surface area contributed by atoms with E-state index in [0.29, 0.717) is 13.0 Å². The first-order valence-electron chi connectivity index (χ1n) is 8.24. The van der Waals surface area contributed by atoms with Crippen molar-refractivity contribution >= 4 is 16.7 Å². The number of benzene rings is 1. The van der Waals surface area contributed by atoms with Crippen LogP contribution in [-0.2, 0) is 11.2 Å². The van der Waals surface area contributed by atoms with Crippen molar-refractivity contribution in [2.24, 2.45) is 0 Å². The normalized spacial score (nSPS) is 18.4. The second-order valence-electron chi connectivity index (χ2n) is 6.05. The van der Waals surface area contributed by atoms with E-state index in [2.05, 4.69) is 15.2 Å². The highest BCUT2D eigenvalue weighted by Crippen LogP contribution is 2.18. The second kappa shape index (κ2) is 7.53. The lowest BCUT2D eigenvalue weighted by molar-refractivity contribution is -0.120. The quantitative estimate of drug-likeness (QED) is 0.797. The molecule has 1 amide bonds. The summed E-state index contributed by atoms with van der Waals surface area (Å²) < 4.78 is 0. The van der Waals surface area contributed by atoms with Crippen molar-refractivity contribution in [1.82, 2.24) is 15.2 Å². The molecule has 2 N–H and O–H groups in total. The largest absolute Gasteiger partial charge is 0.378 e. The van der Waals surface area contributed by atoms with Gasteiger partial charge in [0, 0.05) is 37.4 Å². The van der Waals surface area contributed by atoms with Crippen molar-refractivity contribution in [3.8, 4) is 0 Å². The van der Waals surface area contributed by atoms with E-state index < -0.39 is 0 Å². The van der Waals surface area contributed by atoms with Crippen LogP contribution in [0.5, 0.6) is 0 Å². The Bertz CT molecular complexity index is 669. The van der Waals surface area contributed by atoms with Crippen LogP contribution >= 0.6 is 0 Å². The highest BCUT2D eigenvalue weighted by molar-refractivity contribution is 5.89. The minimum atomic E-state index is -0.296. The Morgan fingerprint density at radius 2 is 2.30 bits per heavy atom. The van der Waals surface area contributed by atoms with Crippen molar-refractivity contribution in [1.29, 1.82) is 0 Å². The number of amides is 1. The van der Waals surface area contributed by atoms with Crippen LogP contribution in [0.3, 0.4) is 0 Å². The van der Waals surface area contributed by atoms with Gasteiger partial charge in [-0.25, -0.2) is 0 Å². The molecule has 2 aromatic rings. The van der Waals surface area contributed by atoms with E-state index in [1.165, 1.54) is 0 Å². The van der Waals surface area contributed by atoms with Crippen molar-refractivity contribution in [2.75, 3.05) is 19.6 Å². The summed E-state index contributed by atoms with van der Waals surface area (Å²) in [5.74, 6) is 0.0382. The van der Waals surface area contributed by atoms with Crippen LogP contribution in [0.25, 0.3) is 10.8 Å². The van der Waals surface area contributed by atoms with E-state index in [4.69, 9.17) is 0 Å². The fourth-order valence-electron chi connectivity index (χ4n) is 3.16. The number of aliphatic hydroxyl groups is 1. The SMILES string of the molecule is O=C(Cc1cccc2cnccc12)NCCCN1CCCC1O. The topological polar surface area (TPSA) is 65.5 Å². The molecule has 1 aromatic carbocycles.